The molecular weight excluding hydrogens is 124 g/mol. The molecule has 0 amide bonds. The lowest BCUT2D eigenvalue weighted by Gasteiger charge is -2.02. The molecule has 1 N–H and O–H groups in total. The van der Waals surface area contributed by atoms with E-state index in [1.807, 2.05) is 18.2 Å². The summed E-state index contributed by atoms with van der Waals surface area (Å²) in [6.07, 6.45) is 11.0. The molecule has 0 spiro atoms. The van der Waals surface area contributed by atoms with Gasteiger partial charge in [0.1, 0.15) is 0 Å². The Morgan fingerprint density at radius 1 is 1.00 bits per heavy atom. The summed E-state index contributed by atoms with van der Waals surface area (Å²) in [5.41, 5.74) is 0. The predicted octanol–water partition coefficient (Wildman–Crippen LogP) is 1.67. The second-order valence-electron chi connectivity index (χ2n) is 2.50. The van der Waals surface area contributed by atoms with Gasteiger partial charge in [-0.25, -0.2) is 0 Å². The van der Waals surface area contributed by atoms with Crippen LogP contribution >= 0.6 is 0 Å². The molecule has 0 radical (unpaired) electrons. The summed E-state index contributed by atoms with van der Waals surface area (Å²) >= 11 is 0. The quantitative estimate of drug-likeness (QED) is 0.502. The summed E-state index contributed by atoms with van der Waals surface area (Å²) in [4.78, 5) is 0. The summed E-state index contributed by atoms with van der Waals surface area (Å²) in [6.45, 7) is 2.08. The van der Waals surface area contributed by atoms with Crippen LogP contribution in [0, 0.1) is 5.92 Å². The maximum atomic E-state index is 9.12. The molecule has 1 heteroatoms. The Balaban J connectivity index is 2.70. The third-order valence-electron chi connectivity index (χ3n) is 1.45. The monoisotopic (exact) mass is 136 g/mol. The number of rotatable bonds is 0. The van der Waals surface area contributed by atoms with E-state index in [9.17, 15) is 0 Å². The van der Waals surface area contributed by atoms with E-state index in [4.69, 9.17) is 5.11 Å². The molecule has 0 saturated heterocycles. The Morgan fingerprint density at radius 2 is 1.70 bits per heavy atom. The first kappa shape index (κ1) is 7.29. The average Bonchev–Trinajstić information content (AvgIpc) is 1.90. The molecule has 0 aromatic carbocycles. The molecule has 0 aliphatic heterocycles. The van der Waals surface area contributed by atoms with Crippen molar-refractivity contribution < 1.29 is 5.11 Å². The highest BCUT2D eigenvalue weighted by Gasteiger charge is 1.95. The first-order valence-electron chi connectivity index (χ1n) is 3.50. The van der Waals surface area contributed by atoms with Gasteiger partial charge in [0.15, 0.2) is 0 Å². The minimum Gasteiger partial charge on any atom is -0.385 e. The Bertz CT molecular complexity index is 157. The van der Waals surface area contributed by atoms with Crippen molar-refractivity contribution in [2.45, 2.75) is 13.0 Å². The fourth-order valence-electron chi connectivity index (χ4n) is 0.835. The predicted molar refractivity (Wildman–Crippen MR) is 42.6 cm³/mol. The first-order valence-corrected chi connectivity index (χ1v) is 3.50. The topological polar surface area (TPSA) is 20.2 Å². The molecule has 0 bridgehead atoms. The zero-order valence-electron chi connectivity index (χ0n) is 6.07. The van der Waals surface area contributed by atoms with Crippen LogP contribution < -0.4 is 0 Å². The van der Waals surface area contributed by atoms with E-state index in [0.29, 0.717) is 5.92 Å². The van der Waals surface area contributed by atoms with E-state index < -0.39 is 6.10 Å². The van der Waals surface area contributed by atoms with Crippen LogP contribution in [0.15, 0.2) is 36.5 Å². The lowest BCUT2D eigenvalue weighted by atomic mass is 10.1. The molecule has 1 rings (SSSR count). The molecule has 54 valence electrons. The fourth-order valence-corrected chi connectivity index (χ4v) is 0.835. The third-order valence-corrected chi connectivity index (χ3v) is 1.45. The Kier molecular flexibility index (Phi) is 2.46. The van der Waals surface area contributed by atoms with Crippen LogP contribution in [0.1, 0.15) is 6.92 Å². The highest BCUT2D eigenvalue weighted by atomic mass is 16.3. The van der Waals surface area contributed by atoms with Crippen LogP contribution in [0.2, 0.25) is 0 Å². The molecular formula is C9H12O. The normalized spacial score (nSPS) is 41.4. The maximum Gasteiger partial charge on any atom is 0.0905 e. The van der Waals surface area contributed by atoms with Crippen molar-refractivity contribution in [1.29, 1.82) is 0 Å². The van der Waals surface area contributed by atoms with Gasteiger partial charge in [-0.1, -0.05) is 43.4 Å². The molecule has 0 aromatic heterocycles. The van der Waals surface area contributed by atoms with Crippen LogP contribution in [0.3, 0.4) is 0 Å². The van der Waals surface area contributed by atoms with Crippen LogP contribution in [0.5, 0.6) is 0 Å². The van der Waals surface area contributed by atoms with Gasteiger partial charge < -0.3 is 5.11 Å². The van der Waals surface area contributed by atoms with Crippen molar-refractivity contribution in [3.05, 3.63) is 36.5 Å². The van der Waals surface area contributed by atoms with Crippen LogP contribution in [0.4, 0.5) is 0 Å². The van der Waals surface area contributed by atoms with Gasteiger partial charge in [-0.05, 0) is 5.92 Å². The number of allylic oxidation sites excluding steroid dienone is 4. The van der Waals surface area contributed by atoms with Gasteiger partial charge in [-0.15, -0.1) is 0 Å². The van der Waals surface area contributed by atoms with Gasteiger partial charge in [0.2, 0.25) is 0 Å². The lowest BCUT2D eigenvalue weighted by Crippen LogP contribution is -1.98. The number of hydrogen-bond acceptors (Lipinski definition) is 1. The largest absolute Gasteiger partial charge is 0.385 e. The summed E-state index contributed by atoms with van der Waals surface area (Å²) in [5.74, 6) is 0.430. The molecule has 0 aromatic rings. The second-order valence-corrected chi connectivity index (χ2v) is 2.50. The molecule has 2 atom stereocenters. The van der Waals surface area contributed by atoms with Crippen LogP contribution in [0.25, 0.3) is 0 Å². The molecule has 0 fully saturated rings. The SMILES string of the molecule is C[C@H]1/C=C\C=C/[C@H](O)/C=C\1. The van der Waals surface area contributed by atoms with Crippen molar-refractivity contribution in [2.75, 3.05) is 0 Å². The molecule has 0 saturated carbocycles. The van der Waals surface area contributed by atoms with Gasteiger partial charge in [0.05, 0.1) is 6.10 Å². The molecule has 1 aliphatic carbocycles. The average molecular weight is 136 g/mol. The zero-order chi connectivity index (χ0) is 7.40. The Morgan fingerprint density at radius 3 is 2.50 bits per heavy atom. The summed E-state index contributed by atoms with van der Waals surface area (Å²) < 4.78 is 0. The summed E-state index contributed by atoms with van der Waals surface area (Å²) in [5, 5.41) is 9.12. The first-order chi connectivity index (χ1) is 4.79. The Labute approximate surface area is 61.4 Å². The fraction of sp³-hybridized carbons (Fsp3) is 0.333. The van der Waals surface area contributed by atoms with Gasteiger partial charge in [0.25, 0.3) is 0 Å². The highest BCUT2D eigenvalue weighted by Crippen LogP contribution is 2.04. The van der Waals surface area contributed by atoms with Crippen molar-refractivity contribution in [1.82, 2.24) is 0 Å². The number of aliphatic hydroxyl groups is 1. The van der Waals surface area contributed by atoms with Gasteiger partial charge in [-0.3, -0.25) is 0 Å². The molecule has 10 heavy (non-hydrogen) atoms. The summed E-state index contributed by atoms with van der Waals surface area (Å²) in [6, 6.07) is 0. The van der Waals surface area contributed by atoms with Crippen molar-refractivity contribution in [3.8, 4) is 0 Å². The number of aliphatic hydroxyl groups excluding tert-OH is 1. The van der Waals surface area contributed by atoms with Gasteiger partial charge >= 0.3 is 0 Å². The number of hydrogen-bond donors (Lipinski definition) is 1. The highest BCUT2D eigenvalue weighted by molar-refractivity contribution is 5.15. The van der Waals surface area contributed by atoms with Gasteiger partial charge in [-0.2, -0.15) is 0 Å². The maximum absolute atomic E-state index is 9.12. The Hall–Kier alpha value is -0.820. The van der Waals surface area contributed by atoms with Crippen molar-refractivity contribution in [2.24, 2.45) is 5.92 Å². The van der Waals surface area contributed by atoms with E-state index in [-0.39, 0.29) is 0 Å². The zero-order valence-corrected chi connectivity index (χ0v) is 6.07. The van der Waals surface area contributed by atoms with Crippen LogP contribution in [-0.4, -0.2) is 11.2 Å². The minimum atomic E-state index is -0.410. The molecule has 1 nitrogen and oxygen atoms in total. The van der Waals surface area contributed by atoms with E-state index in [1.54, 1.807) is 12.2 Å². The minimum absolute atomic E-state index is 0.410. The van der Waals surface area contributed by atoms with E-state index in [1.165, 1.54) is 0 Å². The third kappa shape index (κ3) is 2.19. The molecule has 1 aliphatic rings. The van der Waals surface area contributed by atoms with Gasteiger partial charge in [0, 0.05) is 0 Å². The van der Waals surface area contributed by atoms with E-state index >= 15 is 0 Å². The molecule has 0 unspecified atom stereocenters. The van der Waals surface area contributed by atoms with Crippen LogP contribution in [-0.2, 0) is 0 Å². The van der Waals surface area contributed by atoms with Crippen molar-refractivity contribution >= 4 is 0 Å². The summed E-state index contributed by atoms with van der Waals surface area (Å²) in [7, 11) is 0. The molecule has 0 heterocycles. The van der Waals surface area contributed by atoms with Crippen molar-refractivity contribution in [3.63, 3.8) is 0 Å². The smallest absolute Gasteiger partial charge is 0.0905 e. The second kappa shape index (κ2) is 3.37. The lowest BCUT2D eigenvalue weighted by molar-refractivity contribution is 0.271. The standard InChI is InChI=1S/C9H12O/c1-8-4-2-3-5-9(10)7-6-8/h2-10H,1H3/b4-2-,5-3-,7-6-/t8-,9-/m0/s1. The van der Waals surface area contributed by atoms with E-state index in [0.717, 1.165) is 0 Å². The van der Waals surface area contributed by atoms with E-state index in [2.05, 4.69) is 13.0 Å².